The van der Waals surface area contributed by atoms with Crippen molar-refractivity contribution in [3.05, 3.63) is 34.7 Å². The third-order valence-electron chi connectivity index (χ3n) is 9.32. The number of carbonyl (C=O) groups is 3. The highest BCUT2D eigenvalue weighted by atomic mass is 32.1. The van der Waals surface area contributed by atoms with Crippen LogP contribution in [0.15, 0.2) is 23.6 Å². The van der Waals surface area contributed by atoms with Gasteiger partial charge in [-0.1, -0.05) is 32.3 Å². The number of Topliss-reactive ketones (excluding diaryl/α,β-unsaturated/α-hetero) is 1. The molecule has 2 amide bonds. The van der Waals surface area contributed by atoms with E-state index < -0.39 is 17.9 Å². The van der Waals surface area contributed by atoms with E-state index in [9.17, 15) is 14.4 Å². The monoisotopic (exact) mass is 565 g/mol. The Kier molecular flexibility index (Phi) is 7.67. The van der Waals surface area contributed by atoms with Crippen LogP contribution in [0.25, 0.3) is 11.3 Å². The standard InChI is InChI=1S/C30H39N5O4S/c1-18-15-35(26-24(36)16-39-27(18)26)29(38)25(19-6-4-3-5-7-19)22-14-20(8-9-21(22)28(31)37)23-17-40-30(32-23)34-12-10-33(2)11-13-34/h8-9,14,17-19,25-27H,3-7,10-13,15-16H2,1-2H3,(H2,31,37)/t18-,25-,26+,27+/m0/s1. The predicted molar refractivity (Wildman–Crippen MR) is 155 cm³/mol. The lowest BCUT2D eigenvalue weighted by molar-refractivity contribution is -0.139. The molecule has 10 heteroatoms. The summed E-state index contributed by atoms with van der Waals surface area (Å²) < 4.78 is 5.78. The van der Waals surface area contributed by atoms with E-state index in [1.165, 1.54) is 0 Å². The molecule has 4 heterocycles. The number of piperazine rings is 1. The number of ether oxygens (including phenoxy) is 1. The van der Waals surface area contributed by atoms with Gasteiger partial charge in [-0.25, -0.2) is 4.98 Å². The van der Waals surface area contributed by atoms with Gasteiger partial charge in [0.15, 0.2) is 10.9 Å². The van der Waals surface area contributed by atoms with E-state index in [-0.39, 0.29) is 36.2 Å². The molecule has 0 spiro atoms. The van der Waals surface area contributed by atoms with Crippen LogP contribution in [0.4, 0.5) is 5.13 Å². The number of rotatable bonds is 6. The first-order valence-electron chi connectivity index (χ1n) is 14.6. The second-order valence-corrected chi connectivity index (χ2v) is 12.8. The number of anilines is 1. The zero-order valence-corrected chi connectivity index (χ0v) is 24.2. The normalized spacial score (nSPS) is 26.8. The molecule has 1 saturated carbocycles. The maximum absolute atomic E-state index is 14.5. The molecule has 214 valence electrons. The highest BCUT2D eigenvalue weighted by Gasteiger charge is 2.52. The summed E-state index contributed by atoms with van der Waals surface area (Å²) in [5.74, 6) is -1.04. The molecular formula is C30H39N5O4S. The van der Waals surface area contributed by atoms with Gasteiger partial charge in [0.2, 0.25) is 11.8 Å². The molecule has 0 radical (unpaired) electrons. The number of benzene rings is 1. The maximum Gasteiger partial charge on any atom is 0.249 e. The van der Waals surface area contributed by atoms with Gasteiger partial charge in [-0.2, -0.15) is 0 Å². The first-order chi connectivity index (χ1) is 19.3. The minimum Gasteiger partial charge on any atom is -0.367 e. The molecule has 0 bridgehead atoms. The number of thiazole rings is 1. The van der Waals surface area contributed by atoms with Crippen LogP contribution < -0.4 is 10.6 Å². The summed E-state index contributed by atoms with van der Waals surface area (Å²) in [6, 6.07) is 5.06. The van der Waals surface area contributed by atoms with Gasteiger partial charge in [-0.3, -0.25) is 14.4 Å². The first-order valence-corrected chi connectivity index (χ1v) is 15.5. The van der Waals surface area contributed by atoms with Gasteiger partial charge in [0.25, 0.3) is 0 Å². The van der Waals surface area contributed by atoms with Crippen LogP contribution in [0.5, 0.6) is 0 Å². The van der Waals surface area contributed by atoms with E-state index in [2.05, 4.69) is 22.2 Å². The fourth-order valence-electron chi connectivity index (χ4n) is 7.10. The predicted octanol–water partition coefficient (Wildman–Crippen LogP) is 3.14. The molecule has 1 aliphatic carbocycles. The Morgan fingerprint density at radius 2 is 1.88 bits per heavy atom. The van der Waals surface area contributed by atoms with Gasteiger partial charge in [-0.05, 0) is 43.5 Å². The number of nitrogens with two attached hydrogens (primary N) is 1. The van der Waals surface area contributed by atoms with Crippen LogP contribution in [0.2, 0.25) is 0 Å². The van der Waals surface area contributed by atoms with Crippen molar-refractivity contribution < 1.29 is 19.1 Å². The fourth-order valence-corrected chi connectivity index (χ4v) is 7.99. The number of nitrogens with zero attached hydrogens (tertiary/aromatic N) is 4. The molecule has 9 nitrogen and oxygen atoms in total. The van der Waals surface area contributed by atoms with Crippen LogP contribution in [0.1, 0.15) is 60.9 Å². The lowest BCUT2D eigenvalue weighted by Gasteiger charge is -2.35. The summed E-state index contributed by atoms with van der Waals surface area (Å²) in [5, 5.41) is 3.04. The molecule has 4 atom stereocenters. The van der Waals surface area contributed by atoms with Crippen molar-refractivity contribution in [1.29, 1.82) is 0 Å². The van der Waals surface area contributed by atoms with Gasteiger partial charge >= 0.3 is 0 Å². The molecule has 4 aliphatic rings. The lowest BCUT2D eigenvalue weighted by Crippen LogP contribution is -2.46. The number of hydrogen-bond donors (Lipinski definition) is 1. The molecule has 2 aromatic rings. The SMILES string of the molecule is C[C@H]1CN(C(=O)[C@H](c2cc(-c3csc(N4CCN(C)CC4)n3)ccc2C(N)=O)C2CCCCC2)[C@@H]2C(=O)CO[C@@H]21. The van der Waals surface area contributed by atoms with Crippen molar-refractivity contribution in [3.63, 3.8) is 0 Å². The van der Waals surface area contributed by atoms with Gasteiger partial charge in [-0.15, -0.1) is 11.3 Å². The molecule has 1 aromatic carbocycles. The van der Waals surface area contributed by atoms with E-state index in [1.54, 1.807) is 22.3 Å². The third-order valence-corrected chi connectivity index (χ3v) is 10.2. The summed E-state index contributed by atoms with van der Waals surface area (Å²) in [7, 11) is 2.13. The molecule has 3 aliphatic heterocycles. The molecule has 4 fully saturated rings. The van der Waals surface area contributed by atoms with Gasteiger partial charge in [0, 0.05) is 55.1 Å². The quantitative estimate of drug-likeness (QED) is 0.573. The van der Waals surface area contributed by atoms with Crippen molar-refractivity contribution in [3.8, 4) is 11.3 Å². The van der Waals surface area contributed by atoms with Crippen molar-refractivity contribution in [2.24, 2.45) is 17.6 Å². The molecule has 1 aromatic heterocycles. The topological polar surface area (TPSA) is 109 Å². The van der Waals surface area contributed by atoms with Crippen molar-refractivity contribution in [1.82, 2.24) is 14.8 Å². The molecule has 6 rings (SSSR count). The van der Waals surface area contributed by atoms with Crippen molar-refractivity contribution >= 4 is 34.1 Å². The minimum absolute atomic E-state index is 0.0344. The molecule has 3 saturated heterocycles. The summed E-state index contributed by atoms with van der Waals surface area (Å²) in [5.41, 5.74) is 8.65. The van der Waals surface area contributed by atoms with E-state index in [0.29, 0.717) is 17.7 Å². The van der Waals surface area contributed by atoms with E-state index in [1.807, 2.05) is 19.1 Å². The lowest BCUT2D eigenvalue weighted by atomic mass is 9.74. The Hall–Kier alpha value is -2.82. The van der Waals surface area contributed by atoms with E-state index in [0.717, 1.165) is 74.7 Å². The van der Waals surface area contributed by atoms with Crippen molar-refractivity contribution in [2.75, 3.05) is 51.3 Å². The van der Waals surface area contributed by atoms with Crippen LogP contribution in [-0.2, 0) is 14.3 Å². The molecule has 40 heavy (non-hydrogen) atoms. The highest BCUT2D eigenvalue weighted by molar-refractivity contribution is 7.14. The number of carbonyl (C=O) groups excluding carboxylic acids is 3. The number of likely N-dealkylation sites (N-methyl/N-ethyl adjacent to an activating group) is 1. The fraction of sp³-hybridized carbons (Fsp3) is 0.600. The van der Waals surface area contributed by atoms with Crippen LogP contribution in [0, 0.1) is 11.8 Å². The highest BCUT2D eigenvalue weighted by Crippen LogP contribution is 2.43. The van der Waals surface area contributed by atoms with Gasteiger partial charge in [0.05, 0.1) is 17.7 Å². The summed E-state index contributed by atoms with van der Waals surface area (Å²) in [4.78, 5) is 51.3. The number of likely N-dealkylation sites (tertiary alicyclic amines) is 1. The number of amides is 2. The maximum atomic E-state index is 14.5. The average Bonchev–Trinajstić information content (AvgIpc) is 3.68. The Labute approximate surface area is 239 Å². The van der Waals surface area contributed by atoms with Crippen LogP contribution in [-0.4, -0.2) is 90.9 Å². The number of ketones is 1. The number of primary amides is 1. The second kappa shape index (κ2) is 11.2. The smallest absolute Gasteiger partial charge is 0.249 e. The van der Waals surface area contributed by atoms with Crippen molar-refractivity contribution in [2.45, 2.75) is 57.1 Å². The third kappa shape index (κ3) is 5.05. The van der Waals surface area contributed by atoms with E-state index in [4.69, 9.17) is 15.5 Å². The Bertz CT molecular complexity index is 1280. The Morgan fingerprint density at radius 1 is 1.12 bits per heavy atom. The summed E-state index contributed by atoms with van der Waals surface area (Å²) in [6.45, 7) is 6.45. The summed E-state index contributed by atoms with van der Waals surface area (Å²) in [6.07, 6.45) is 4.80. The molecular weight excluding hydrogens is 526 g/mol. The zero-order chi connectivity index (χ0) is 28.0. The molecule has 0 unspecified atom stereocenters. The zero-order valence-electron chi connectivity index (χ0n) is 23.4. The molecule has 2 N–H and O–H groups in total. The minimum atomic E-state index is -0.544. The largest absolute Gasteiger partial charge is 0.367 e. The number of hydrogen-bond acceptors (Lipinski definition) is 8. The van der Waals surface area contributed by atoms with Gasteiger partial charge < -0.3 is 25.2 Å². The summed E-state index contributed by atoms with van der Waals surface area (Å²) >= 11 is 1.62. The second-order valence-electron chi connectivity index (χ2n) is 12.0. The Morgan fingerprint density at radius 3 is 2.60 bits per heavy atom. The number of fused-ring (bicyclic) bond motifs is 1. The first kappa shape index (κ1) is 27.4. The van der Waals surface area contributed by atoms with Crippen LogP contribution in [0.3, 0.4) is 0 Å². The van der Waals surface area contributed by atoms with E-state index >= 15 is 0 Å². The average molecular weight is 566 g/mol. The number of aromatic nitrogens is 1. The van der Waals surface area contributed by atoms with Crippen LogP contribution >= 0.6 is 11.3 Å². The Balaban J connectivity index is 1.37. The van der Waals surface area contributed by atoms with Gasteiger partial charge in [0.1, 0.15) is 12.6 Å².